The number of carbonyl (C=O) groups excluding carboxylic acids is 2. The van der Waals surface area contributed by atoms with E-state index < -0.39 is 11.7 Å². The summed E-state index contributed by atoms with van der Waals surface area (Å²) in [4.78, 5) is 30.6. The molecule has 0 aliphatic carbocycles. The first-order chi connectivity index (χ1) is 11.8. The summed E-state index contributed by atoms with van der Waals surface area (Å²) in [5.41, 5.74) is 2.89. The van der Waals surface area contributed by atoms with Gasteiger partial charge in [-0.05, 0) is 51.8 Å². The Hall–Kier alpha value is -2.15. The first-order valence-corrected chi connectivity index (χ1v) is 9.32. The van der Waals surface area contributed by atoms with Gasteiger partial charge in [-0.15, -0.1) is 11.3 Å². The quantitative estimate of drug-likeness (QED) is 0.890. The van der Waals surface area contributed by atoms with E-state index in [1.165, 1.54) is 11.3 Å². The second kappa shape index (κ2) is 7.00. The number of likely N-dealkylation sites (tertiary alicyclic amines) is 1. The smallest absolute Gasteiger partial charge is 0.407 e. The Morgan fingerprint density at radius 2 is 2.00 bits per heavy atom. The second-order valence-corrected chi connectivity index (χ2v) is 8.13. The summed E-state index contributed by atoms with van der Waals surface area (Å²) in [5.74, 6) is 0.0334. The lowest BCUT2D eigenvalue weighted by molar-refractivity contribution is 0.0473. The van der Waals surface area contributed by atoms with Crippen molar-refractivity contribution in [2.75, 3.05) is 13.1 Å². The third kappa shape index (κ3) is 4.48. The number of benzene rings is 1. The summed E-state index contributed by atoms with van der Waals surface area (Å²) in [6, 6.07) is 5.66. The molecule has 7 heteroatoms. The van der Waals surface area contributed by atoms with Crippen molar-refractivity contribution < 1.29 is 14.3 Å². The zero-order valence-corrected chi connectivity index (χ0v) is 15.6. The average molecular weight is 361 g/mol. The van der Waals surface area contributed by atoms with Crippen LogP contribution in [0.5, 0.6) is 0 Å². The third-order valence-corrected chi connectivity index (χ3v) is 4.87. The Morgan fingerprint density at radius 3 is 2.68 bits per heavy atom. The molecule has 0 spiro atoms. The van der Waals surface area contributed by atoms with E-state index in [1.807, 2.05) is 43.9 Å². The van der Waals surface area contributed by atoms with E-state index in [9.17, 15) is 9.59 Å². The molecular formula is C18H23N3O3S. The minimum absolute atomic E-state index is 0.0334. The van der Waals surface area contributed by atoms with Crippen molar-refractivity contribution in [2.45, 2.75) is 45.3 Å². The number of thiazole rings is 1. The van der Waals surface area contributed by atoms with Gasteiger partial charge in [0, 0.05) is 24.7 Å². The Kier molecular flexibility index (Phi) is 4.94. The maximum absolute atomic E-state index is 12.7. The predicted molar refractivity (Wildman–Crippen MR) is 97.9 cm³/mol. The first kappa shape index (κ1) is 17.7. The van der Waals surface area contributed by atoms with E-state index in [4.69, 9.17) is 4.74 Å². The average Bonchev–Trinajstić information content (AvgIpc) is 3.00. The van der Waals surface area contributed by atoms with E-state index in [1.54, 1.807) is 5.51 Å². The highest BCUT2D eigenvalue weighted by Crippen LogP contribution is 2.21. The molecule has 0 unspecified atom stereocenters. The zero-order chi connectivity index (χ0) is 18.0. The van der Waals surface area contributed by atoms with Crippen molar-refractivity contribution in [3.05, 3.63) is 29.3 Å². The number of ether oxygens (including phenoxy) is 1. The molecule has 0 atom stereocenters. The van der Waals surface area contributed by atoms with Gasteiger partial charge in [0.1, 0.15) is 5.60 Å². The largest absolute Gasteiger partial charge is 0.444 e. The molecule has 2 aromatic rings. The zero-order valence-electron chi connectivity index (χ0n) is 14.7. The van der Waals surface area contributed by atoms with Crippen molar-refractivity contribution in [1.82, 2.24) is 15.2 Å². The fraction of sp³-hybridized carbons (Fsp3) is 0.500. The van der Waals surface area contributed by atoms with Crippen LogP contribution in [0.25, 0.3) is 10.2 Å². The molecule has 1 aromatic heterocycles. The van der Waals surface area contributed by atoms with Gasteiger partial charge in [-0.3, -0.25) is 4.79 Å². The van der Waals surface area contributed by atoms with Crippen molar-refractivity contribution in [2.24, 2.45) is 0 Å². The fourth-order valence-corrected chi connectivity index (χ4v) is 3.59. The van der Waals surface area contributed by atoms with E-state index in [0.717, 1.165) is 23.1 Å². The van der Waals surface area contributed by atoms with Crippen LogP contribution in [0.1, 0.15) is 44.0 Å². The number of rotatable bonds is 2. The SMILES string of the molecule is CC(C)(C)OC(=O)NC1CCN(C(=O)c2ccc3ncsc3c2)CC1. The number of piperidine rings is 1. The maximum Gasteiger partial charge on any atom is 0.407 e. The number of aromatic nitrogens is 1. The Balaban J connectivity index is 1.54. The Labute approximate surface area is 151 Å². The molecule has 0 radical (unpaired) electrons. The molecular weight excluding hydrogens is 338 g/mol. The Bertz CT molecular complexity index is 773. The minimum atomic E-state index is -0.504. The van der Waals surface area contributed by atoms with Crippen LogP contribution in [0.15, 0.2) is 23.7 Å². The van der Waals surface area contributed by atoms with Crippen molar-refractivity contribution in [1.29, 1.82) is 0 Å². The highest BCUT2D eigenvalue weighted by Gasteiger charge is 2.26. The molecule has 2 heterocycles. The van der Waals surface area contributed by atoms with Crippen molar-refractivity contribution in [3.8, 4) is 0 Å². The molecule has 0 bridgehead atoms. The number of fused-ring (bicyclic) bond motifs is 1. The molecule has 1 N–H and O–H groups in total. The minimum Gasteiger partial charge on any atom is -0.444 e. The number of nitrogens with zero attached hydrogens (tertiary/aromatic N) is 2. The van der Waals surface area contributed by atoms with Gasteiger partial charge < -0.3 is 15.0 Å². The number of carbonyl (C=O) groups is 2. The second-order valence-electron chi connectivity index (χ2n) is 7.25. The van der Waals surface area contributed by atoms with Gasteiger partial charge in [-0.25, -0.2) is 9.78 Å². The Morgan fingerprint density at radius 1 is 1.28 bits per heavy atom. The lowest BCUT2D eigenvalue weighted by atomic mass is 10.0. The lowest BCUT2D eigenvalue weighted by Crippen LogP contribution is -2.47. The topological polar surface area (TPSA) is 71.5 Å². The first-order valence-electron chi connectivity index (χ1n) is 8.44. The monoisotopic (exact) mass is 361 g/mol. The standard InChI is InChI=1S/C18H23N3O3S/c1-18(2,3)24-17(23)20-13-6-8-21(9-7-13)16(22)12-4-5-14-15(10-12)25-11-19-14/h4-5,10-11,13H,6-9H2,1-3H3,(H,20,23). The number of hydrogen-bond donors (Lipinski definition) is 1. The fourth-order valence-electron chi connectivity index (χ4n) is 2.87. The summed E-state index contributed by atoms with van der Waals surface area (Å²) in [6.07, 6.45) is 1.06. The van der Waals surface area contributed by atoms with E-state index >= 15 is 0 Å². The van der Waals surface area contributed by atoms with Crippen LogP contribution >= 0.6 is 11.3 Å². The van der Waals surface area contributed by atoms with Crippen LogP contribution in [-0.4, -0.2) is 46.6 Å². The number of hydrogen-bond acceptors (Lipinski definition) is 5. The van der Waals surface area contributed by atoms with Crippen LogP contribution < -0.4 is 5.32 Å². The van der Waals surface area contributed by atoms with Gasteiger partial charge in [0.2, 0.25) is 0 Å². The van der Waals surface area contributed by atoms with Gasteiger partial charge in [-0.2, -0.15) is 0 Å². The van der Waals surface area contributed by atoms with E-state index in [-0.39, 0.29) is 11.9 Å². The van der Waals surface area contributed by atoms with E-state index in [0.29, 0.717) is 18.7 Å². The maximum atomic E-state index is 12.7. The van der Waals surface area contributed by atoms with Crippen LogP contribution in [0, 0.1) is 0 Å². The summed E-state index contributed by atoms with van der Waals surface area (Å²) >= 11 is 1.53. The molecule has 1 aromatic carbocycles. The molecule has 0 saturated carbocycles. The number of nitrogens with one attached hydrogen (secondary N) is 1. The summed E-state index contributed by atoms with van der Waals surface area (Å²) in [5, 5.41) is 2.89. The molecule has 1 aliphatic heterocycles. The molecule has 25 heavy (non-hydrogen) atoms. The van der Waals surface area contributed by atoms with Crippen molar-refractivity contribution in [3.63, 3.8) is 0 Å². The van der Waals surface area contributed by atoms with Crippen molar-refractivity contribution >= 4 is 33.6 Å². The predicted octanol–water partition coefficient (Wildman–Crippen LogP) is 3.43. The van der Waals surface area contributed by atoms with Gasteiger partial charge in [0.25, 0.3) is 5.91 Å². The van der Waals surface area contributed by atoms with Gasteiger partial charge in [0.05, 0.1) is 15.7 Å². The van der Waals surface area contributed by atoms with Gasteiger partial charge in [-0.1, -0.05) is 0 Å². The number of amides is 2. The molecule has 1 saturated heterocycles. The summed E-state index contributed by atoms with van der Waals surface area (Å²) < 4.78 is 6.30. The lowest BCUT2D eigenvalue weighted by Gasteiger charge is -2.33. The van der Waals surface area contributed by atoms with E-state index in [2.05, 4.69) is 10.3 Å². The van der Waals surface area contributed by atoms with Gasteiger partial charge >= 0.3 is 6.09 Å². The van der Waals surface area contributed by atoms with Crippen LogP contribution in [0.2, 0.25) is 0 Å². The normalized spacial score (nSPS) is 16.0. The molecule has 1 aliphatic rings. The molecule has 3 rings (SSSR count). The summed E-state index contributed by atoms with van der Waals surface area (Å²) in [7, 11) is 0. The molecule has 1 fully saturated rings. The molecule has 134 valence electrons. The summed E-state index contributed by atoms with van der Waals surface area (Å²) in [6.45, 7) is 6.77. The van der Waals surface area contributed by atoms with Crippen LogP contribution in [-0.2, 0) is 4.74 Å². The van der Waals surface area contributed by atoms with Crippen LogP contribution in [0.4, 0.5) is 4.79 Å². The van der Waals surface area contributed by atoms with Gasteiger partial charge in [0.15, 0.2) is 0 Å². The highest BCUT2D eigenvalue weighted by molar-refractivity contribution is 7.16. The van der Waals surface area contributed by atoms with Crippen LogP contribution in [0.3, 0.4) is 0 Å². The third-order valence-electron chi connectivity index (χ3n) is 4.08. The molecule has 6 nitrogen and oxygen atoms in total. The number of alkyl carbamates (subject to hydrolysis) is 1. The highest BCUT2D eigenvalue weighted by atomic mass is 32.1. The molecule has 2 amide bonds.